The third-order valence-corrected chi connectivity index (χ3v) is 5.05. The summed E-state index contributed by atoms with van der Waals surface area (Å²) in [6.45, 7) is 4.27. The standard InChI is InChI=1S/C15H24N4O2S/c20-14(17-10-13-4-3-9-21-13)16-6-5-12-11-22-15(18-12)19-7-1-2-8-19/h11,13H,1-10H2,(H2,16,17,20)/t13-/m1/s1. The maximum absolute atomic E-state index is 11.7. The lowest BCUT2D eigenvalue weighted by Crippen LogP contribution is -2.40. The van der Waals surface area contributed by atoms with Gasteiger partial charge in [-0.15, -0.1) is 11.3 Å². The quantitative estimate of drug-likeness (QED) is 0.837. The Morgan fingerprint density at radius 3 is 3.00 bits per heavy atom. The highest BCUT2D eigenvalue weighted by Crippen LogP contribution is 2.24. The lowest BCUT2D eigenvalue weighted by atomic mass is 10.2. The zero-order valence-corrected chi connectivity index (χ0v) is 13.7. The summed E-state index contributed by atoms with van der Waals surface area (Å²) in [6.07, 6.45) is 5.63. The normalized spacial score (nSPS) is 21.3. The molecule has 0 radical (unpaired) electrons. The molecular weight excluding hydrogens is 300 g/mol. The molecule has 3 rings (SSSR count). The predicted octanol–water partition coefficient (Wildman–Crippen LogP) is 1.76. The van der Waals surface area contributed by atoms with Crippen molar-refractivity contribution in [1.82, 2.24) is 15.6 Å². The van der Waals surface area contributed by atoms with Gasteiger partial charge in [0.15, 0.2) is 5.13 Å². The predicted molar refractivity (Wildman–Crippen MR) is 87.6 cm³/mol. The van der Waals surface area contributed by atoms with Gasteiger partial charge in [-0.25, -0.2) is 9.78 Å². The number of nitrogens with one attached hydrogen (secondary N) is 2. The first-order chi connectivity index (χ1) is 10.8. The number of urea groups is 1. The molecule has 0 spiro atoms. The molecule has 2 aliphatic heterocycles. The molecule has 0 saturated carbocycles. The van der Waals surface area contributed by atoms with Gasteiger partial charge in [0, 0.05) is 44.6 Å². The van der Waals surface area contributed by atoms with Crippen molar-refractivity contribution in [2.45, 2.75) is 38.2 Å². The number of nitrogens with zero attached hydrogens (tertiary/aromatic N) is 2. The first-order valence-electron chi connectivity index (χ1n) is 8.14. The number of aromatic nitrogens is 1. The Kier molecular flexibility index (Phi) is 5.50. The second-order valence-corrected chi connectivity index (χ2v) is 6.67. The maximum Gasteiger partial charge on any atom is 0.314 e. The van der Waals surface area contributed by atoms with E-state index >= 15 is 0 Å². The number of thiazole rings is 1. The van der Waals surface area contributed by atoms with Gasteiger partial charge in [-0.05, 0) is 25.7 Å². The smallest absolute Gasteiger partial charge is 0.314 e. The van der Waals surface area contributed by atoms with Gasteiger partial charge in [0.1, 0.15) is 0 Å². The molecule has 2 N–H and O–H groups in total. The van der Waals surface area contributed by atoms with Gasteiger partial charge in [-0.3, -0.25) is 0 Å². The lowest BCUT2D eigenvalue weighted by molar-refractivity contribution is 0.111. The number of rotatable bonds is 6. The molecule has 1 aromatic rings. The van der Waals surface area contributed by atoms with Crippen LogP contribution in [0.4, 0.5) is 9.93 Å². The van der Waals surface area contributed by atoms with Crippen LogP contribution >= 0.6 is 11.3 Å². The molecule has 1 aromatic heterocycles. The van der Waals surface area contributed by atoms with Crippen LogP contribution in [0.5, 0.6) is 0 Å². The van der Waals surface area contributed by atoms with Crippen LogP contribution in [0.2, 0.25) is 0 Å². The van der Waals surface area contributed by atoms with Gasteiger partial charge in [-0.1, -0.05) is 0 Å². The van der Waals surface area contributed by atoms with Gasteiger partial charge in [-0.2, -0.15) is 0 Å². The Balaban J connectivity index is 1.33. The van der Waals surface area contributed by atoms with Crippen LogP contribution in [0.25, 0.3) is 0 Å². The summed E-state index contributed by atoms with van der Waals surface area (Å²) in [5.74, 6) is 0. The monoisotopic (exact) mass is 324 g/mol. The molecule has 122 valence electrons. The van der Waals surface area contributed by atoms with E-state index in [4.69, 9.17) is 4.74 Å². The molecule has 1 atom stereocenters. The van der Waals surface area contributed by atoms with Gasteiger partial charge >= 0.3 is 6.03 Å². The molecule has 2 aliphatic rings. The molecule has 2 fully saturated rings. The minimum Gasteiger partial charge on any atom is -0.376 e. The van der Waals surface area contributed by atoms with Crippen molar-refractivity contribution in [2.75, 3.05) is 37.7 Å². The van der Waals surface area contributed by atoms with Gasteiger partial charge in [0.05, 0.1) is 11.8 Å². The maximum atomic E-state index is 11.7. The van der Waals surface area contributed by atoms with Crippen molar-refractivity contribution in [1.29, 1.82) is 0 Å². The number of amides is 2. The first-order valence-corrected chi connectivity index (χ1v) is 9.02. The molecule has 22 heavy (non-hydrogen) atoms. The summed E-state index contributed by atoms with van der Waals surface area (Å²) in [6, 6.07) is -0.120. The van der Waals surface area contributed by atoms with Crippen LogP contribution in [0.1, 0.15) is 31.4 Å². The van der Waals surface area contributed by atoms with E-state index in [9.17, 15) is 4.79 Å². The van der Waals surface area contributed by atoms with Crippen LogP contribution in [0.3, 0.4) is 0 Å². The molecule has 2 saturated heterocycles. The Bertz CT molecular complexity index is 482. The minimum absolute atomic E-state index is 0.120. The average Bonchev–Trinajstić information content (AvgIpc) is 3.26. The molecule has 0 unspecified atom stereocenters. The van der Waals surface area contributed by atoms with E-state index in [-0.39, 0.29) is 12.1 Å². The summed E-state index contributed by atoms with van der Waals surface area (Å²) in [5, 5.41) is 8.96. The summed E-state index contributed by atoms with van der Waals surface area (Å²) in [7, 11) is 0. The van der Waals surface area contributed by atoms with E-state index in [0.29, 0.717) is 13.1 Å². The van der Waals surface area contributed by atoms with Gasteiger partial charge in [0.2, 0.25) is 0 Å². The summed E-state index contributed by atoms with van der Waals surface area (Å²) < 4.78 is 5.47. The number of hydrogen-bond donors (Lipinski definition) is 2. The topological polar surface area (TPSA) is 66.5 Å². The molecule has 0 aliphatic carbocycles. The molecular formula is C15H24N4O2S. The van der Waals surface area contributed by atoms with E-state index in [2.05, 4.69) is 25.9 Å². The molecule has 0 bridgehead atoms. The van der Waals surface area contributed by atoms with Crippen molar-refractivity contribution < 1.29 is 9.53 Å². The van der Waals surface area contributed by atoms with Crippen LogP contribution in [0, 0.1) is 0 Å². The number of carbonyl (C=O) groups is 1. The van der Waals surface area contributed by atoms with Crippen LogP contribution in [-0.4, -0.2) is 49.9 Å². The first kappa shape index (κ1) is 15.6. The Morgan fingerprint density at radius 2 is 2.23 bits per heavy atom. The molecule has 6 nitrogen and oxygen atoms in total. The highest BCUT2D eigenvalue weighted by atomic mass is 32.1. The number of carbonyl (C=O) groups excluding carboxylic acids is 1. The highest BCUT2D eigenvalue weighted by molar-refractivity contribution is 7.13. The van der Waals surface area contributed by atoms with Crippen LogP contribution in [0.15, 0.2) is 5.38 Å². The lowest BCUT2D eigenvalue weighted by Gasteiger charge is -2.12. The highest BCUT2D eigenvalue weighted by Gasteiger charge is 2.17. The van der Waals surface area contributed by atoms with Crippen molar-refractivity contribution in [3.63, 3.8) is 0 Å². The fraction of sp³-hybridized carbons (Fsp3) is 0.733. The Hall–Kier alpha value is -1.34. The molecule has 2 amide bonds. The number of anilines is 1. The second kappa shape index (κ2) is 7.78. The van der Waals surface area contributed by atoms with Crippen molar-refractivity contribution >= 4 is 22.5 Å². The van der Waals surface area contributed by atoms with E-state index in [1.165, 1.54) is 12.8 Å². The summed E-state index contributed by atoms with van der Waals surface area (Å²) >= 11 is 1.70. The van der Waals surface area contributed by atoms with Crippen LogP contribution in [-0.2, 0) is 11.2 Å². The van der Waals surface area contributed by atoms with Gasteiger partial charge in [0.25, 0.3) is 0 Å². The van der Waals surface area contributed by atoms with Crippen molar-refractivity contribution in [3.8, 4) is 0 Å². The Morgan fingerprint density at radius 1 is 1.36 bits per heavy atom. The van der Waals surface area contributed by atoms with Crippen molar-refractivity contribution in [3.05, 3.63) is 11.1 Å². The fourth-order valence-electron chi connectivity index (χ4n) is 2.84. The number of hydrogen-bond acceptors (Lipinski definition) is 5. The number of ether oxygens (including phenoxy) is 1. The largest absolute Gasteiger partial charge is 0.376 e. The van der Waals surface area contributed by atoms with E-state index in [1.807, 2.05) is 0 Å². The molecule has 7 heteroatoms. The molecule has 0 aromatic carbocycles. The second-order valence-electron chi connectivity index (χ2n) is 5.84. The van der Waals surface area contributed by atoms with E-state index in [0.717, 1.165) is 49.8 Å². The zero-order valence-electron chi connectivity index (χ0n) is 12.8. The summed E-state index contributed by atoms with van der Waals surface area (Å²) in [5.41, 5.74) is 1.06. The minimum atomic E-state index is -0.120. The SMILES string of the molecule is O=C(NCCc1csc(N2CCCC2)n1)NC[C@H]1CCCO1. The van der Waals surface area contributed by atoms with Gasteiger partial charge < -0.3 is 20.3 Å². The third kappa shape index (κ3) is 4.33. The zero-order chi connectivity index (χ0) is 15.2. The molecule has 3 heterocycles. The van der Waals surface area contributed by atoms with Crippen LogP contribution < -0.4 is 15.5 Å². The average molecular weight is 324 g/mol. The third-order valence-electron chi connectivity index (χ3n) is 4.10. The van der Waals surface area contributed by atoms with E-state index < -0.39 is 0 Å². The fourth-order valence-corrected chi connectivity index (χ4v) is 3.76. The van der Waals surface area contributed by atoms with Crippen molar-refractivity contribution in [2.24, 2.45) is 0 Å². The summed E-state index contributed by atoms with van der Waals surface area (Å²) in [4.78, 5) is 18.7. The Labute approximate surface area is 135 Å². The van der Waals surface area contributed by atoms with E-state index in [1.54, 1.807) is 11.3 Å².